The van der Waals surface area contributed by atoms with Crippen LogP contribution in [0.4, 0.5) is 0 Å². The van der Waals surface area contributed by atoms with E-state index in [2.05, 4.69) is 111 Å². The lowest BCUT2D eigenvalue weighted by Crippen LogP contribution is -2.29. The van der Waals surface area contributed by atoms with Gasteiger partial charge in [-0.25, -0.2) is 4.57 Å². The zero-order chi connectivity index (χ0) is 58.7. The van der Waals surface area contributed by atoms with Gasteiger partial charge in [-0.2, -0.15) is 0 Å². The van der Waals surface area contributed by atoms with Crippen LogP contribution in [0.2, 0.25) is 0 Å². The molecule has 0 bridgehead atoms. The van der Waals surface area contributed by atoms with Gasteiger partial charge in [0.2, 0.25) is 0 Å². The minimum absolute atomic E-state index is 0.0504. The van der Waals surface area contributed by atoms with Crippen molar-refractivity contribution < 1.29 is 37.6 Å². The summed E-state index contributed by atoms with van der Waals surface area (Å²) in [6, 6.07) is 0. The van der Waals surface area contributed by atoms with Crippen LogP contribution in [0.1, 0.15) is 309 Å². The fraction of sp³-hybridized carbons (Fsp3) is 0.746. The minimum atomic E-state index is -4.40. The molecule has 0 aromatic heterocycles. The highest BCUT2D eigenvalue weighted by Gasteiger charge is 2.26. The van der Waals surface area contributed by atoms with Crippen LogP contribution in [0.5, 0.6) is 0 Å². The van der Waals surface area contributed by atoms with Crippen LogP contribution >= 0.6 is 7.82 Å². The fourth-order valence-electron chi connectivity index (χ4n) is 9.56. The topological polar surface area (TPSA) is 134 Å². The van der Waals surface area contributed by atoms with Gasteiger partial charge in [0.25, 0.3) is 0 Å². The van der Waals surface area contributed by atoms with E-state index < -0.39 is 26.5 Å². The molecule has 0 fully saturated rings. The summed E-state index contributed by atoms with van der Waals surface area (Å²) in [6.45, 7) is 3.54. The number of ether oxygens (including phenoxy) is 2. The summed E-state index contributed by atoms with van der Waals surface area (Å²) in [5.74, 6) is -0.828. The molecular formula is C71H126NO8P. The van der Waals surface area contributed by atoms with E-state index in [1.54, 1.807) is 0 Å². The SMILES string of the molecule is CC/C=C\C/C=C\C/C=C\C/C=C\CCCCCCCCCCCCCCCCCCCCCCCCCCCCC(=O)OC(COC(=O)CCCCCCCCCC/C=C\C/C=C\C/C=C\C/C=C\CC)COP(=O)(O)OCCN. The van der Waals surface area contributed by atoms with E-state index in [1.165, 1.54) is 180 Å². The molecule has 0 amide bonds. The molecule has 0 aliphatic carbocycles. The highest BCUT2D eigenvalue weighted by atomic mass is 31.2. The number of nitrogens with two attached hydrogens (primary N) is 1. The Balaban J connectivity index is 3.81. The van der Waals surface area contributed by atoms with Gasteiger partial charge in [-0.3, -0.25) is 18.6 Å². The van der Waals surface area contributed by atoms with E-state index in [0.717, 1.165) is 96.3 Å². The molecule has 0 rings (SSSR count). The monoisotopic (exact) mass is 1150 g/mol. The highest BCUT2D eigenvalue weighted by molar-refractivity contribution is 7.47. The molecule has 2 unspecified atom stereocenters. The van der Waals surface area contributed by atoms with Gasteiger partial charge >= 0.3 is 19.8 Å². The molecule has 468 valence electrons. The van der Waals surface area contributed by atoms with Crippen molar-refractivity contribution in [3.8, 4) is 0 Å². The normalized spacial score (nSPS) is 13.6. The summed E-state index contributed by atoms with van der Waals surface area (Å²) >= 11 is 0. The van der Waals surface area contributed by atoms with Crippen molar-refractivity contribution >= 4 is 19.8 Å². The third-order valence-corrected chi connectivity index (χ3v) is 15.4. The average molecular weight is 1150 g/mol. The van der Waals surface area contributed by atoms with Gasteiger partial charge < -0.3 is 20.1 Å². The molecule has 81 heavy (non-hydrogen) atoms. The molecule has 3 N–H and O–H groups in total. The number of hydrogen-bond acceptors (Lipinski definition) is 8. The predicted octanol–water partition coefficient (Wildman–Crippen LogP) is 22.0. The molecule has 9 nitrogen and oxygen atoms in total. The Bertz CT molecular complexity index is 1650. The van der Waals surface area contributed by atoms with Crippen molar-refractivity contribution in [1.82, 2.24) is 0 Å². The lowest BCUT2D eigenvalue weighted by molar-refractivity contribution is -0.161. The molecule has 0 saturated carbocycles. The van der Waals surface area contributed by atoms with Gasteiger partial charge in [-0.15, -0.1) is 0 Å². The van der Waals surface area contributed by atoms with Crippen molar-refractivity contribution in [3.63, 3.8) is 0 Å². The van der Waals surface area contributed by atoms with Gasteiger partial charge in [-0.05, 0) is 89.9 Å². The predicted molar refractivity (Wildman–Crippen MR) is 348 cm³/mol. The summed E-state index contributed by atoms with van der Waals surface area (Å²) in [4.78, 5) is 35.3. The van der Waals surface area contributed by atoms with E-state index in [0.29, 0.717) is 6.42 Å². The Labute approximate surface area is 499 Å². The number of carbonyl (C=O) groups is 2. The first kappa shape index (κ1) is 77.9. The molecule has 0 aromatic rings. The number of carbonyl (C=O) groups excluding carboxylic acids is 2. The van der Waals surface area contributed by atoms with E-state index in [1.807, 2.05) is 0 Å². The number of phosphoric acid groups is 1. The van der Waals surface area contributed by atoms with Gasteiger partial charge in [-0.1, -0.05) is 304 Å². The molecule has 0 aliphatic rings. The quantitative estimate of drug-likeness (QED) is 0.0264. The second-order valence-electron chi connectivity index (χ2n) is 22.3. The molecule has 0 aliphatic heterocycles. The van der Waals surface area contributed by atoms with Crippen molar-refractivity contribution in [2.75, 3.05) is 26.4 Å². The maximum absolute atomic E-state index is 12.7. The summed E-state index contributed by atoms with van der Waals surface area (Å²) in [6.07, 6.45) is 89.4. The number of rotatable bonds is 63. The van der Waals surface area contributed by atoms with Crippen LogP contribution < -0.4 is 5.73 Å². The molecule has 0 radical (unpaired) electrons. The largest absolute Gasteiger partial charge is 0.472 e. The summed E-state index contributed by atoms with van der Waals surface area (Å²) < 4.78 is 33.1. The average Bonchev–Trinajstić information content (AvgIpc) is 3.46. The molecule has 0 heterocycles. The van der Waals surface area contributed by atoms with Crippen LogP contribution in [-0.4, -0.2) is 49.3 Å². The van der Waals surface area contributed by atoms with E-state index >= 15 is 0 Å². The third-order valence-electron chi connectivity index (χ3n) is 14.5. The maximum atomic E-state index is 12.7. The second kappa shape index (κ2) is 66.1. The van der Waals surface area contributed by atoms with Crippen molar-refractivity contribution in [2.45, 2.75) is 315 Å². The standard InChI is InChI=1S/C71H126NO8P/c1-3-5-7-9-11-13-15-17-19-21-23-25-26-27-28-29-30-31-32-33-34-35-36-37-38-39-40-41-42-44-46-48-50-52-54-56-58-60-62-64-71(74)80-69(68-79-81(75,76)78-66-65-72)67-77-70(73)63-61-59-57-55-53-51-49-47-45-43-24-22-20-18-16-14-12-10-8-6-4-2/h5-8,11-14,17-20,23-25,43,69H,3-4,9-10,15-16,21-22,26-42,44-68,72H2,1-2H3,(H,75,76)/b7-5-,8-6-,13-11-,14-12-,19-17-,20-18-,25-23-,43-24-. The van der Waals surface area contributed by atoms with Crippen LogP contribution in [0.3, 0.4) is 0 Å². The number of allylic oxidation sites excluding steroid dienone is 16. The molecular weight excluding hydrogens is 1030 g/mol. The number of esters is 2. The first-order valence-corrected chi connectivity index (χ1v) is 35.2. The Hall–Kier alpha value is -3.07. The molecule has 0 aromatic carbocycles. The summed E-state index contributed by atoms with van der Waals surface area (Å²) in [5, 5.41) is 0. The summed E-state index contributed by atoms with van der Waals surface area (Å²) in [7, 11) is -4.40. The Kier molecular flexibility index (Phi) is 63.6. The number of phosphoric ester groups is 1. The van der Waals surface area contributed by atoms with Crippen molar-refractivity contribution in [3.05, 3.63) is 97.2 Å². The molecule has 0 saturated heterocycles. The zero-order valence-electron chi connectivity index (χ0n) is 52.5. The number of unbranched alkanes of at least 4 members (excludes halogenated alkanes) is 34. The van der Waals surface area contributed by atoms with Crippen molar-refractivity contribution in [2.24, 2.45) is 5.73 Å². The smallest absolute Gasteiger partial charge is 0.462 e. The van der Waals surface area contributed by atoms with Crippen LogP contribution in [-0.2, 0) is 32.7 Å². The molecule has 0 spiro atoms. The first-order valence-electron chi connectivity index (χ1n) is 33.7. The lowest BCUT2D eigenvalue weighted by atomic mass is 10.0. The Morgan fingerprint density at radius 2 is 0.642 bits per heavy atom. The number of hydrogen-bond donors (Lipinski definition) is 2. The summed E-state index contributed by atoms with van der Waals surface area (Å²) in [5.41, 5.74) is 5.39. The molecule has 10 heteroatoms. The van der Waals surface area contributed by atoms with Crippen LogP contribution in [0.25, 0.3) is 0 Å². The van der Waals surface area contributed by atoms with Crippen LogP contribution in [0.15, 0.2) is 97.2 Å². The van der Waals surface area contributed by atoms with Gasteiger partial charge in [0.05, 0.1) is 13.2 Å². The molecule has 2 atom stereocenters. The van der Waals surface area contributed by atoms with E-state index in [-0.39, 0.29) is 38.6 Å². The fourth-order valence-corrected chi connectivity index (χ4v) is 10.3. The zero-order valence-corrected chi connectivity index (χ0v) is 53.4. The minimum Gasteiger partial charge on any atom is -0.462 e. The van der Waals surface area contributed by atoms with Gasteiger partial charge in [0.1, 0.15) is 6.61 Å². The maximum Gasteiger partial charge on any atom is 0.472 e. The van der Waals surface area contributed by atoms with Crippen molar-refractivity contribution in [1.29, 1.82) is 0 Å². The second-order valence-corrected chi connectivity index (χ2v) is 23.7. The van der Waals surface area contributed by atoms with Crippen LogP contribution in [0, 0.1) is 0 Å². The highest BCUT2D eigenvalue weighted by Crippen LogP contribution is 2.43. The van der Waals surface area contributed by atoms with E-state index in [9.17, 15) is 19.0 Å². The first-order chi connectivity index (χ1) is 39.8. The van der Waals surface area contributed by atoms with Gasteiger partial charge in [0, 0.05) is 19.4 Å². The third kappa shape index (κ3) is 65.9. The van der Waals surface area contributed by atoms with E-state index in [4.69, 9.17) is 24.3 Å². The van der Waals surface area contributed by atoms with Gasteiger partial charge in [0.15, 0.2) is 6.10 Å². The Morgan fingerprint density at radius 1 is 0.370 bits per heavy atom. The lowest BCUT2D eigenvalue weighted by Gasteiger charge is -2.19. The Morgan fingerprint density at radius 3 is 0.951 bits per heavy atom.